The Bertz CT molecular complexity index is 887. The summed E-state index contributed by atoms with van der Waals surface area (Å²) in [5.74, 6) is 0. The number of carbonyl (C=O) groups excluding carboxylic acids is 2. The molecule has 1 saturated carbocycles. The molecule has 0 unspecified atom stereocenters. The number of aromatic nitrogens is 1. The summed E-state index contributed by atoms with van der Waals surface area (Å²) in [6.45, 7) is 5.52. The molecule has 1 aromatic carbocycles. The number of ether oxygens (including phenoxy) is 2. The van der Waals surface area contributed by atoms with Crippen molar-refractivity contribution in [2.45, 2.75) is 51.2 Å². The van der Waals surface area contributed by atoms with Crippen LogP contribution >= 0.6 is 0 Å². The van der Waals surface area contributed by atoms with Crippen LogP contribution < -0.4 is 5.32 Å². The van der Waals surface area contributed by atoms with Gasteiger partial charge in [-0.15, -0.1) is 0 Å². The monoisotopic (exact) mass is 354 g/mol. The van der Waals surface area contributed by atoms with E-state index in [4.69, 9.17) is 9.47 Å². The van der Waals surface area contributed by atoms with E-state index in [0.29, 0.717) is 0 Å². The molecule has 1 aliphatic carbocycles. The first-order valence-corrected chi connectivity index (χ1v) is 8.83. The van der Waals surface area contributed by atoms with Crippen molar-refractivity contribution in [2.24, 2.45) is 0 Å². The van der Waals surface area contributed by atoms with E-state index >= 15 is 0 Å². The van der Waals surface area contributed by atoms with Gasteiger partial charge >= 0.3 is 12.2 Å². The fraction of sp³-hybridized carbons (Fsp3) is 0.400. The van der Waals surface area contributed by atoms with Gasteiger partial charge in [-0.3, -0.25) is 9.88 Å². The minimum absolute atomic E-state index is 0.401. The lowest BCUT2D eigenvalue weighted by Crippen LogP contribution is -2.44. The summed E-state index contributed by atoms with van der Waals surface area (Å²) in [5, 5.41) is 2.76. The summed E-state index contributed by atoms with van der Waals surface area (Å²) >= 11 is 0. The molecule has 6 heteroatoms. The summed E-state index contributed by atoms with van der Waals surface area (Å²) in [5.41, 5.74) is 2.27. The molecule has 136 valence electrons. The third-order valence-corrected chi connectivity index (χ3v) is 4.83. The molecule has 0 radical (unpaired) electrons. The Hall–Kier alpha value is -2.76. The lowest BCUT2D eigenvalue weighted by atomic mass is 9.73. The van der Waals surface area contributed by atoms with Crippen LogP contribution in [-0.2, 0) is 15.1 Å². The van der Waals surface area contributed by atoms with Gasteiger partial charge in [-0.2, -0.15) is 0 Å². The van der Waals surface area contributed by atoms with Crippen molar-refractivity contribution in [1.29, 1.82) is 0 Å². The molecular formula is C20H22N2O4. The molecule has 1 amide bonds. The number of hydrogen-bond donors (Lipinski definition) is 1. The second kappa shape index (κ2) is 5.62. The number of carbonyl (C=O) groups is 2. The highest BCUT2D eigenvalue weighted by Gasteiger charge is 2.47. The van der Waals surface area contributed by atoms with Crippen LogP contribution in [0.1, 0.15) is 45.6 Å². The molecule has 2 aliphatic rings. The molecular weight excluding hydrogens is 332 g/mol. The largest absolute Gasteiger partial charge is 0.443 e. The van der Waals surface area contributed by atoms with Gasteiger partial charge < -0.3 is 9.47 Å². The third kappa shape index (κ3) is 2.75. The first kappa shape index (κ1) is 16.7. The maximum atomic E-state index is 12.5. The quantitative estimate of drug-likeness (QED) is 0.792. The van der Waals surface area contributed by atoms with E-state index in [1.54, 1.807) is 6.20 Å². The van der Waals surface area contributed by atoms with Crippen molar-refractivity contribution in [3.05, 3.63) is 42.1 Å². The Balaban J connectivity index is 1.73. The molecule has 1 fully saturated rings. The third-order valence-electron chi connectivity index (χ3n) is 4.83. The first-order valence-electron chi connectivity index (χ1n) is 8.83. The number of nitrogens with one attached hydrogen (secondary N) is 1. The Morgan fingerprint density at radius 1 is 1.27 bits per heavy atom. The fourth-order valence-electron chi connectivity index (χ4n) is 3.51. The van der Waals surface area contributed by atoms with Gasteiger partial charge in [0, 0.05) is 11.8 Å². The molecule has 26 heavy (non-hydrogen) atoms. The van der Waals surface area contributed by atoms with Gasteiger partial charge in [0.05, 0.1) is 11.4 Å². The Labute approximate surface area is 152 Å². The maximum Gasteiger partial charge on any atom is 0.418 e. The highest BCUT2D eigenvalue weighted by Crippen LogP contribution is 2.50. The minimum atomic E-state index is -0.567. The first-order chi connectivity index (χ1) is 12.3. The molecule has 2 heterocycles. The van der Waals surface area contributed by atoms with Gasteiger partial charge in [-0.05, 0) is 69.9 Å². The van der Waals surface area contributed by atoms with Crippen LogP contribution in [0.3, 0.4) is 0 Å². The van der Waals surface area contributed by atoms with E-state index in [1.165, 1.54) is 4.57 Å². The van der Waals surface area contributed by atoms with E-state index in [-0.39, 0.29) is 0 Å². The van der Waals surface area contributed by atoms with Crippen molar-refractivity contribution in [3.63, 3.8) is 0 Å². The lowest BCUT2D eigenvalue weighted by molar-refractivity contribution is -0.0503. The maximum absolute atomic E-state index is 12.5. The zero-order valence-electron chi connectivity index (χ0n) is 15.2. The van der Waals surface area contributed by atoms with Crippen LogP contribution in [0, 0.1) is 0 Å². The summed E-state index contributed by atoms with van der Waals surface area (Å²) < 4.78 is 12.6. The van der Waals surface area contributed by atoms with Gasteiger partial charge in [0.1, 0.15) is 11.2 Å². The molecule has 1 aliphatic heterocycles. The van der Waals surface area contributed by atoms with Crippen molar-refractivity contribution in [2.75, 3.05) is 5.32 Å². The lowest BCUT2D eigenvalue weighted by Gasteiger charge is -2.45. The van der Waals surface area contributed by atoms with Crippen LogP contribution in [0.15, 0.2) is 36.5 Å². The van der Waals surface area contributed by atoms with E-state index in [9.17, 15) is 9.59 Å². The van der Waals surface area contributed by atoms with Gasteiger partial charge in [0.2, 0.25) is 0 Å². The van der Waals surface area contributed by atoms with Gasteiger partial charge in [0.15, 0.2) is 0 Å². The minimum Gasteiger partial charge on any atom is -0.443 e. The Morgan fingerprint density at radius 2 is 2.04 bits per heavy atom. The second-order valence-corrected chi connectivity index (χ2v) is 7.87. The van der Waals surface area contributed by atoms with E-state index in [2.05, 4.69) is 5.32 Å². The predicted molar refractivity (Wildman–Crippen MR) is 97.1 cm³/mol. The normalized spacial score (nSPS) is 17.7. The topological polar surface area (TPSA) is 69.6 Å². The molecule has 0 atom stereocenters. The van der Waals surface area contributed by atoms with Crippen LogP contribution in [-0.4, -0.2) is 22.4 Å². The summed E-state index contributed by atoms with van der Waals surface area (Å²) in [4.78, 5) is 24.3. The molecule has 1 spiro atoms. The van der Waals surface area contributed by atoms with Crippen molar-refractivity contribution < 1.29 is 19.1 Å². The molecule has 1 N–H and O–H groups in total. The Morgan fingerprint density at radius 3 is 2.69 bits per heavy atom. The van der Waals surface area contributed by atoms with E-state index in [1.807, 2.05) is 51.1 Å². The van der Waals surface area contributed by atoms with Gasteiger partial charge in [0.25, 0.3) is 0 Å². The van der Waals surface area contributed by atoms with Crippen LogP contribution in [0.25, 0.3) is 11.3 Å². The van der Waals surface area contributed by atoms with Crippen molar-refractivity contribution in [1.82, 2.24) is 4.57 Å². The highest BCUT2D eigenvalue weighted by atomic mass is 16.6. The number of nitrogens with zero attached hydrogens (tertiary/aromatic N) is 1. The Kier molecular flexibility index (Phi) is 3.61. The molecule has 4 rings (SSSR count). The number of benzene rings is 1. The van der Waals surface area contributed by atoms with Crippen molar-refractivity contribution in [3.8, 4) is 11.3 Å². The van der Waals surface area contributed by atoms with Crippen LogP contribution in [0.5, 0.6) is 0 Å². The average molecular weight is 354 g/mol. The predicted octanol–water partition coefficient (Wildman–Crippen LogP) is 4.88. The number of fused-ring (bicyclic) bond motifs is 2. The number of hydrogen-bond acceptors (Lipinski definition) is 4. The summed E-state index contributed by atoms with van der Waals surface area (Å²) in [6.07, 6.45) is 3.56. The summed E-state index contributed by atoms with van der Waals surface area (Å²) in [7, 11) is 0. The van der Waals surface area contributed by atoms with Gasteiger partial charge in [-0.25, -0.2) is 9.59 Å². The smallest absolute Gasteiger partial charge is 0.418 e. The molecule has 1 aromatic heterocycles. The molecule has 0 saturated heterocycles. The van der Waals surface area contributed by atoms with Crippen molar-refractivity contribution >= 4 is 17.9 Å². The van der Waals surface area contributed by atoms with E-state index in [0.717, 1.165) is 41.8 Å². The van der Waals surface area contributed by atoms with Crippen LogP contribution in [0.4, 0.5) is 15.3 Å². The average Bonchev–Trinajstić information content (AvgIpc) is 3.00. The number of rotatable bonds is 1. The zero-order chi connectivity index (χ0) is 18.5. The zero-order valence-corrected chi connectivity index (χ0v) is 15.2. The van der Waals surface area contributed by atoms with E-state index < -0.39 is 23.4 Å². The van der Waals surface area contributed by atoms with Crippen LogP contribution in [0.2, 0.25) is 0 Å². The number of anilines is 1. The number of amides is 1. The SMILES string of the molecule is CC(C)(C)OC(=O)n1cccc1-c1ccc2c(c1)C1(CCC1)OC(=O)N2. The second-order valence-electron chi connectivity index (χ2n) is 7.87. The van der Waals surface area contributed by atoms with Gasteiger partial charge in [-0.1, -0.05) is 6.07 Å². The molecule has 0 bridgehead atoms. The fourth-order valence-corrected chi connectivity index (χ4v) is 3.51. The summed E-state index contributed by atoms with van der Waals surface area (Å²) in [6, 6.07) is 9.46. The standard InChI is InChI=1S/C20H22N2O4/c1-19(2,3)26-18(24)22-11-4-6-16(22)13-7-8-15-14(12-13)20(9-5-10-20)25-17(23)21-15/h4,6-8,11-12H,5,9-10H2,1-3H3,(H,21,23). The molecule has 2 aromatic rings. The molecule has 6 nitrogen and oxygen atoms in total. The highest BCUT2D eigenvalue weighted by molar-refractivity contribution is 5.90.